The summed E-state index contributed by atoms with van der Waals surface area (Å²) in [7, 11) is 0. The Hall–Kier alpha value is -3.75. The summed E-state index contributed by atoms with van der Waals surface area (Å²) in [4.78, 5) is 32.0. The summed E-state index contributed by atoms with van der Waals surface area (Å²) in [6.07, 6.45) is -4.70. The van der Waals surface area contributed by atoms with E-state index < -0.39 is 17.8 Å². The molecule has 2 aromatic heterocycles. The Morgan fingerprint density at radius 2 is 1.68 bits per heavy atom. The maximum Gasteiger partial charge on any atom is 0.451 e. The molecule has 0 bridgehead atoms. The minimum atomic E-state index is -4.70. The van der Waals surface area contributed by atoms with E-state index >= 15 is 0 Å². The van der Waals surface area contributed by atoms with Crippen molar-refractivity contribution in [2.45, 2.75) is 26.6 Å². The molecule has 0 aliphatic carbocycles. The number of hydrogen-bond donors (Lipinski definition) is 0. The average Bonchev–Trinajstić information content (AvgIpc) is 3.01. The smallest absolute Gasteiger partial charge is 0.408 e. The number of fused-ring (bicyclic) bond motifs is 1. The number of halogens is 3. The van der Waals surface area contributed by atoms with Gasteiger partial charge in [0.2, 0.25) is 5.82 Å². The Kier molecular flexibility index (Phi) is 4.96. The Morgan fingerprint density at radius 3 is 2.35 bits per heavy atom. The summed E-state index contributed by atoms with van der Waals surface area (Å²) in [5.74, 6) is -2.27. The molecule has 0 spiro atoms. The highest BCUT2D eigenvalue weighted by Gasteiger charge is 2.35. The average molecular weight is 427 g/mol. The number of carbonyl (C=O) groups is 1. The van der Waals surface area contributed by atoms with Gasteiger partial charge in [-0.25, -0.2) is 14.8 Å². The fraction of sp³-hybridized carbons (Fsp3) is 0.182. The third-order valence-corrected chi connectivity index (χ3v) is 4.73. The van der Waals surface area contributed by atoms with Crippen LogP contribution in [0.5, 0.6) is 0 Å². The van der Waals surface area contributed by atoms with Crippen LogP contribution < -0.4 is 5.76 Å². The van der Waals surface area contributed by atoms with Crippen LogP contribution in [-0.2, 0) is 12.7 Å². The lowest BCUT2D eigenvalue weighted by Crippen LogP contribution is -2.18. The van der Waals surface area contributed by atoms with Crippen LogP contribution in [0.3, 0.4) is 0 Å². The first kappa shape index (κ1) is 20.5. The number of nitrogens with zero attached hydrogens (tertiary/aromatic N) is 3. The van der Waals surface area contributed by atoms with Gasteiger partial charge < -0.3 is 4.42 Å². The minimum Gasteiger partial charge on any atom is -0.408 e. The molecule has 0 aliphatic rings. The molecule has 0 unspecified atom stereocenters. The molecule has 0 radical (unpaired) electrons. The molecule has 0 N–H and O–H groups in total. The third-order valence-electron chi connectivity index (χ3n) is 4.73. The van der Waals surface area contributed by atoms with Crippen LogP contribution in [-0.4, -0.2) is 20.3 Å². The van der Waals surface area contributed by atoms with Gasteiger partial charge in [0.1, 0.15) is 0 Å². The van der Waals surface area contributed by atoms with Crippen molar-refractivity contribution in [1.82, 2.24) is 14.5 Å². The second-order valence-corrected chi connectivity index (χ2v) is 7.15. The highest BCUT2D eigenvalue weighted by molar-refractivity contribution is 6.10. The molecule has 4 rings (SSSR count). The monoisotopic (exact) mass is 427 g/mol. The normalized spacial score (nSPS) is 11.8. The van der Waals surface area contributed by atoms with Gasteiger partial charge >= 0.3 is 11.9 Å². The van der Waals surface area contributed by atoms with E-state index in [1.807, 2.05) is 19.1 Å². The van der Waals surface area contributed by atoms with E-state index in [0.29, 0.717) is 16.6 Å². The lowest BCUT2D eigenvalue weighted by atomic mass is 10.0. The maximum absolute atomic E-state index is 13.0. The quantitative estimate of drug-likeness (QED) is 0.454. The summed E-state index contributed by atoms with van der Waals surface area (Å²) >= 11 is 0. The predicted molar refractivity (Wildman–Crippen MR) is 106 cm³/mol. The third kappa shape index (κ3) is 4.11. The first-order valence-electron chi connectivity index (χ1n) is 9.28. The van der Waals surface area contributed by atoms with Crippen molar-refractivity contribution >= 4 is 16.9 Å². The van der Waals surface area contributed by atoms with Gasteiger partial charge in [-0.1, -0.05) is 29.8 Å². The molecule has 9 heteroatoms. The van der Waals surface area contributed by atoms with Crippen LogP contribution in [0.15, 0.2) is 57.7 Å². The summed E-state index contributed by atoms with van der Waals surface area (Å²) in [6, 6.07) is 12.9. The maximum atomic E-state index is 13.0. The van der Waals surface area contributed by atoms with Gasteiger partial charge in [0.25, 0.3) is 0 Å². The Balaban J connectivity index is 1.70. The second kappa shape index (κ2) is 7.50. The summed E-state index contributed by atoms with van der Waals surface area (Å²) in [5.41, 5.74) is 2.48. The van der Waals surface area contributed by atoms with E-state index in [0.717, 1.165) is 10.1 Å². The standard InChI is InChI=1S/C22H16F3N3O3/c1-12-3-5-14(6-4-12)19(29)15-7-8-17-18(10-15)31-21(30)28(17)11-16-9-13(2)26-20(27-16)22(23,24)25/h3-10H,11H2,1-2H3. The van der Waals surface area contributed by atoms with Crippen molar-refractivity contribution in [2.75, 3.05) is 0 Å². The zero-order valence-corrected chi connectivity index (χ0v) is 16.5. The van der Waals surface area contributed by atoms with Gasteiger partial charge in [-0.05, 0) is 38.1 Å². The minimum absolute atomic E-state index is 0.0180. The number of rotatable bonds is 4. The van der Waals surface area contributed by atoms with Crippen LogP contribution >= 0.6 is 0 Å². The molecule has 158 valence electrons. The zero-order chi connectivity index (χ0) is 22.3. The molecule has 0 amide bonds. The molecular weight excluding hydrogens is 411 g/mol. The number of alkyl halides is 3. The van der Waals surface area contributed by atoms with E-state index in [-0.39, 0.29) is 29.3 Å². The number of oxazole rings is 1. The van der Waals surface area contributed by atoms with Crippen molar-refractivity contribution in [3.8, 4) is 0 Å². The molecular formula is C22H16F3N3O3. The topological polar surface area (TPSA) is 78.0 Å². The largest absolute Gasteiger partial charge is 0.451 e. The number of benzene rings is 2. The molecule has 31 heavy (non-hydrogen) atoms. The molecule has 0 fully saturated rings. The summed E-state index contributed by atoms with van der Waals surface area (Å²) in [6.45, 7) is 3.09. The van der Waals surface area contributed by atoms with Crippen LogP contribution in [0.1, 0.15) is 38.7 Å². The van der Waals surface area contributed by atoms with Crippen LogP contribution in [0.25, 0.3) is 11.1 Å². The van der Waals surface area contributed by atoms with E-state index in [4.69, 9.17) is 4.42 Å². The van der Waals surface area contributed by atoms with Gasteiger partial charge in [0.15, 0.2) is 11.4 Å². The van der Waals surface area contributed by atoms with Crippen molar-refractivity contribution in [1.29, 1.82) is 0 Å². The Bertz CT molecular complexity index is 1350. The molecule has 6 nitrogen and oxygen atoms in total. The van der Waals surface area contributed by atoms with Crippen molar-refractivity contribution in [2.24, 2.45) is 0 Å². The van der Waals surface area contributed by atoms with Crippen LogP contribution in [0.2, 0.25) is 0 Å². The lowest BCUT2D eigenvalue weighted by Gasteiger charge is -2.09. The fourth-order valence-corrected chi connectivity index (χ4v) is 3.23. The molecule has 0 aliphatic heterocycles. The van der Waals surface area contributed by atoms with Crippen molar-refractivity contribution in [3.05, 3.63) is 93.0 Å². The van der Waals surface area contributed by atoms with Crippen molar-refractivity contribution in [3.63, 3.8) is 0 Å². The SMILES string of the molecule is Cc1ccc(C(=O)c2ccc3c(c2)oc(=O)n3Cc2cc(C)nc(C(F)(F)F)n2)cc1. The number of hydrogen-bond acceptors (Lipinski definition) is 5. The number of aromatic nitrogens is 3. The van der Waals surface area contributed by atoms with Gasteiger partial charge in [-0.2, -0.15) is 13.2 Å². The van der Waals surface area contributed by atoms with E-state index in [9.17, 15) is 22.8 Å². The predicted octanol–water partition coefficient (Wildman–Crippen LogP) is 4.30. The van der Waals surface area contributed by atoms with Gasteiger partial charge in [-0.15, -0.1) is 0 Å². The van der Waals surface area contributed by atoms with Gasteiger partial charge in [0, 0.05) is 16.8 Å². The molecule has 2 heterocycles. The molecule has 0 atom stereocenters. The molecule has 0 saturated heterocycles. The van der Waals surface area contributed by atoms with E-state index in [2.05, 4.69) is 9.97 Å². The summed E-state index contributed by atoms with van der Waals surface area (Å²) in [5, 5.41) is 0. The first-order chi connectivity index (χ1) is 14.6. The Labute approximate surface area is 174 Å². The van der Waals surface area contributed by atoms with Gasteiger partial charge in [-0.3, -0.25) is 9.36 Å². The molecule has 0 saturated carbocycles. The molecule has 4 aromatic rings. The molecule has 2 aromatic carbocycles. The van der Waals surface area contributed by atoms with E-state index in [1.165, 1.54) is 25.1 Å². The number of aryl methyl sites for hydroxylation is 2. The van der Waals surface area contributed by atoms with Crippen LogP contribution in [0.4, 0.5) is 13.2 Å². The summed E-state index contributed by atoms with van der Waals surface area (Å²) < 4.78 is 45.4. The van der Waals surface area contributed by atoms with Gasteiger partial charge in [0.05, 0.1) is 17.8 Å². The highest BCUT2D eigenvalue weighted by atomic mass is 19.4. The Morgan fingerprint density at radius 1 is 1.00 bits per heavy atom. The number of carbonyl (C=O) groups excluding carboxylic acids is 1. The lowest BCUT2D eigenvalue weighted by molar-refractivity contribution is -0.145. The zero-order valence-electron chi connectivity index (χ0n) is 16.5. The van der Waals surface area contributed by atoms with Crippen LogP contribution in [0, 0.1) is 13.8 Å². The second-order valence-electron chi connectivity index (χ2n) is 7.15. The highest BCUT2D eigenvalue weighted by Crippen LogP contribution is 2.26. The number of ketones is 1. The fourth-order valence-electron chi connectivity index (χ4n) is 3.23. The van der Waals surface area contributed by atoms with E-state index in [1.54, 1.807) is 18.2 Å². The van der Waals surface area contributed by atoms with Crippen molar-refractivity contribution < 1.29 is 22.4 Å². The first-order valence-corrected chi connectivity index (χ1v) is 9.28.